The molecule has 1 aliphatic rings. The fraction of sp³-hybridized carbons (Fsp3) is 0.438. The number of aromatic nitrogens is 3. The van der Waals surface area contributed by atoms with E-state index in [2.05, 4.69) is 42.8 Å². The summed E-state index contributed by atoms with van der Waals surface area (Å²) in [5, 5.41) is 14.5. The van der Waals surface area contributed by atoms with Crippen LogP contribution in [0.1, 0.15) is 5.56 Å². The van der Waals surface area contributed by atoms with Gasteiger partial charge in [0.1, 0.15) is 0 Å². The van der Waals surface area contributed by atoms with E-state index in [0.29, 0.717) is 12.5 Å². The van der Waals surface area contributed by atoms with E-state index in [-0.39, 0.29) is 0 Å². The molecule has 1 aromatic carbocycles. The quantitative estimate of drug-likeness (QED) is 0.796. The van der Waals surface area contributed by atoms with E-state index in [1.54, 1.807) is 6.20 Å². The topological polar surface area (TPSA) is 75.2 Å². The molecule has 0 amide bonds. The average Bonchev–Trinajstić information content (AvgIpc) is 2.62. The maximum atomic E-state index is 5.34. The maximum absolute atomic E-state index is 5.34. The molecule has 23 heavy (non-hydrogen) atoms. The first kappa shape index (κ1) is 15.6. The lowest BCUT2D eigenvalue weighted by molar-refractivity contribution is 0.0398. The van der Waals surface area contributed by atoms with Crippen LogP contribution >= 0.6 is 0 Å². The second kappa shape index (κ2) is 8.40. The highest BCUT2D eigenvalue weighted by Gasteiger charge is 2.09. The Morgan fingerprint density at radius 3 is 2.74 bits per heavy atom. The van der Waals surface area contributed by atoms with Gasteiger partial charge in [-0.3, -0.25) is 4.90 Å². The summed E-state index contributed by atoms with van der Waals surface area (Å²) in [6.45, 7) is 6.11. The first-order valence-corrected chi connectivity index (χ1v) is 7.92. The first-order chi connectivity index (χ1) is 11.4. The summed E-state index contributed by atoms with van der Waals surface area (Å²) in [4.78, 5) is 6.81. The van der Waals surface area contributed by atoms with Crippen molar-refractivity contribution in [3.63, 3.8) is 0 Å². The molecule has 122 valence electrons. The molecule has 2 aromatic rings. The molecule has 7 heteroatoms. The van der Waals surface area contributed by atoms with Crippen molar-refractivity contribution in [3.8, 4) is 0 Å². The van der Waals surface area contributed by atoms with Gasteiger partial charge in [-0.25, -0.2) is 0 Å². The maximum Gasteiger partial charge on any atom is 0.244 e. The summed E-state index contributed by atoms with van der Waals surface area (Å²) >= 11 is 0. The molecule has 1 aromatic heterocycles. The van der Waals surface area contributed by atoms with Crippen LogP contribution in [0.4, 0.5) is 11.8 Å². The van der Waals surface area contributed by atoms with Crippen molar-refractivity contribution in [3.05, 3.63) is 42.1 Å². The summed E-state index contributed by atoms with van der Waals surface area (Å²) in [7, 11) is 0. The minimum Gasteiger partial charge on any atom is -0.379 e. The van der Waals surface area contributed by atoms with E-state index in [1.807, 2.05) is 18.2 Å². The number of hydrogen-bond donors (Lipinski definition) is 2. The largest absolute Gasteiger partial charge is 0.379 e. The van der Waals surface area contributed by atoms with Gasteiger partial charge in [-0.1, -0.05) is 30.3 Å². The zero-order valence-electron chi connectivity index (χ0n) is 13.1. The van der Waals surface area contributed by atoms with Gasteiger partial charge in [0, 0.05) is 32.7 Å². The van der Waals surface area contributed by atoms with Crippen LogP contribution in [0.25, 0.3) is 0 Å². The van der Waals surface area contributed by atoms with Crippen molar-refractivity contribution >= 4 is 11.8 Å². The Bertz CT molecular complexity index is 588. The van der Waals surface area contributed by atoms with E-state index in [9.17, 15) is 0 Å². The van der Waals surface area contributed by atoms with Gasteiger partial charge >= 0.3 is 0 Å². The molecule has 0 radical (unpaired) electrons. The van der Waals surface area contributed by atoms with Crippen molar-refractivity contribution in [2.45, 2.75) is 6.54 Å². The predicted octanol–water partition coefficient (Wildman–Crippen LogP) is 1.23. The van der Waals surface area contributed by atoms with Crippen molar-refractivity contribution in [2.24, 2.45) is 0 Å². The molecule has 1 fully saturated rings. The van der Waals surface area contributed by atoms with Crippen molar-refractivity contribution < 1.29 is 4.74 Å². The number of ether oxygens (including phenoxy) is 1. The zero-order valence-corrected chi connectivity index (χ0v) is 13.1. The minimum atomic E-state index is 0.533. The summed E-state index contributed by atoms with van der Waals surface area (Å²) in [5.41, 5.74) is 1.18. The third-order valence-electron chi connectivity index (χ3n) is 3.69. The standard InChI is InChI=1S/C16H22N6O/c1-2-4-14(5-3-1)12-18-16-20-15(13-19-21-16)17-6-7-22-8-10-23-11-9-22/h1-5,13H,6-12H2,(H2,17,18,20,21). The molecule has 7 nitrogen and oxygen atoms in total. The van der Waals surface area contributed by atoms with Crippen LogP contribution in [0.3, 0.4) is 0 Å². The van der Waals surface area contributed by atoms with E-state index in [1.165, 1.54) is 5.56 Å². The second-order valence-corrected chi connectivity index (χ2v) is 5.39. The fourth-order valence-corrected chi connectivity index (χ4v) is 2.41. The Balaban J connectivity index is 1.45. The van der Waals surface area contributed by atoms with Gasteiger partial charge in [-0.2, -0.15) is 10.1 Å². The molecule has 1 saturated heterocycles. The monoisotopic (exact) mass is 314 g/mol. The molecule has 1 aliphatic heterocycles. The molecule has 0 saturated carbocycles. The number of morpholine rings is 1. The number of benzene rings is 1. The van der Waals surface area contributed by atoms with Crippen molar-refractivity contribution in [1.82, 2.24) is 20.1 Å². The van der Waals surface area contributed by atoms with Crippen LogP contribution in [0, 0.1) is 0 Å². The molecule has 0 bridgehead atoms. The van der Waals surface area contributed by atoms with E-state index < -0.39 is 0 Å². The van der Waals surface area contributed by atoms with Gasteiger partial charge in [-0.15, -0.1) is 5.10 Å². The van der Waals surface area contributed by atoms with Crippen LogP contribution in [-0.2, 0) is 11.3 Å². The van der Waals surface area contributed by atoms with Gasteiger partial charge in [-0.05, 0) is 5.56 Å². The molecular formula is C16H22N6O. The summed E-state index contributed by atoms with van der Waals surface area (Å²) in [5.74, 6) is 1.27. The van der Waals surface area contributed by atoms with Gasteiger partial charge < -0.3 is 15.4 Å². The van der Waals surface area contributed by atoms with Gasteiger partial charge in [0.15, 0.2) is 5.82 Å². The summed E-state index contributed by atoms with van der Waals surface area (Å²) < 4.78 is 5.34. The Morgan fingerprint density at radius 2 is 1.91 bits per heavy atom. The van der Waals surface area contributed by atoms with E-state index in [0.717, 1.165) is 45.2 Å². The van der Waals surface area contributed by atoms with E-state index >= 15 is 0 Å². The third kappa shape index (κ3) is 5.15. The number of rotatable bonds is 7. The lowest BCUT2D eigenvalue weighted by Crippen LogP contribution is -2.39. The van der Waals surface area contributed by atoms with Crippen LogP contribution in [0.5, 0.6) is 0 Å². The summed E-state index contributed by atoms with van der Waals surface area (Å²) in [6.07, 6.45) is 1.65. The third-order valence-corrected chi connectivity index (χ3v) is 3.69. The van der Waals surface area contributed by atoms with Crippen molar-refractivity contribution in [2.75, 3.05) is 50.0 Å². The van der Waals surface area contributed by atoms with Crippen LogP contribution in [0.15, 0.2) is 36.5 Å². The lowest BCUT2D eigenvalue weighted by atomic mass is 10.2. The molecule has 0 unspecified atom stereocenters. The SMILES string of the molecule is c1ccc(CNc2nncc(NCCN3CCOCC3)n2)cc1. The molecular weight excluding hydrogens is 292 g/mol. The Morgan fingerprint density at radius 1 is 1.09 bits per heavy atom. The summed E-state index contributed by atoms with van der Waals surface area (Å²) in [6, 6.07) is 10.1. The van der Waals surface area contributed by atoms with Gasteiger partial charge in [0.25, 0.3) is 0 Å². The molecule has 2 N–H and O–H groups in total. The first-order valence-electron chi connectivity index (χ1n) is 7.92. The van der Waals surface area contributed by atoms with Crippen LogP contribution in [-0.4, -0.2) is 59.5 Å². The highest BCUT2D eigenvalue weighted by Crippen LogP contribution is 2.06. The average molecular weight is 314 g/mol. The molecule has 0 atom stereocenters. The number of nitrogens with zero attached hydrogens (tertiary/aromatic N) is 4. The van der Waals surface area contributed by atoms with Crippen LogP contribution < -0.4 is 10.6 Å². The highest BCUT2D eigenvalue weighted by molar-refractivity contribution is 5.37. The predicted molar refractivity (Wildman–Crippen MR) is 89.3 cm³/mol. The Hall–Kier alpha value is -2.25. The smallest absolute Gasteiger partial charge is 0.244 e. The number of nitrogens with one attached hydrogen (secondary N) is 2. The van der Waals surface area contributed by atoms with Gasteiger partial charge in [0.2, 0.25) is 5.95 Å². The molecule has 2 heterocycles. The lowest BCUT2D eigenvalue weighted by Gasteiger charge is -2.26. The van der Waals surface area contributed by atoms with Crippen molar-refractivity contribution in [1.29, 1.82) is 0 Å². The number of anilines is 2. The van der Waals surface area contributed by atoms with E-state index in [4.69, 9.17) is 4.74 Å². The molecule has 0 spiro atoms. The second-order valence-electron chi connectivity index (χ2n) is 5.39. The number of hydrogen-bond acceptors (Lipinski definition) is 7. The minimum absolute atomic E-state index is 0.533. The van der Waals surface area contributed by atoms with Gasteiger partial charge in [0.05, 0.1) is 19.4 Å². The molecule has 0 aliphatic carbocycles. The molecule has 3 rings (SSSR count). The zero-order chi connectivity index (χ0) is 15.7. The Kier molecular flexibility index (Phi) is 5.71. The highest BCUT2D eigenvalue weighted by atomic mass is 16.5. The Labute approximate surface area is 136 Å². The van der Waals surface area contributed by atoms with Crippen LogP contribution in [0.2, 0.25) is 0 Å². The fourth-order valence-electron chi connectivity index (χ4n) is 2.41. The normalized spacial score (nSPS) is 15.3.